The molecule has 7 heteroatoms. The molecule has 1 heterocycles. The summed E-state index contributed by atoms with van der Waals surface area (Å²) in [5.41, 5.74) is 15.5. The van der Waals surface area contributed by atoms with E-state index in [-0.39, 0.29) is 5.91 Å². The molecule has 0 fully saturated rings. The molecule has 27 heavy (non-hydrogen) atoms. The lowest BCUT2D eigenvalue weighted by Crippen LogP contribution is -2.30. The molecule has 0 saturated heterocycles. The topological polar surface area (TPSA) is 105 Å². The van der Waals surface area contributed by atoms with Crippen molar-refractivity contribution in [1.82, 2.24) is 15.4 Å². The number of rotatable bonds is 6. The van der Waals surface area contributed by atoms with Crippen molar-refractivity contribution in [2.75, 3.05) is 16.5 Å². The summed E-state index contributed by atoms with van der Waals surface area (Å²) in [5.74, 6) is 0.497. The summed E-state index contributed by atoms with van der Waals surface area (Å²) in [6.45, 7) is 4.07. The fourth-order valence-corrected chi connectivity index (χ4v) is 2.45. The molecular formula is C20H22N6O. The number of nitrogens with zero attached hydrogens (tertiary/aromatic N) is 2. The molecule has 0 unspecified atom stereocenters. The molecule has 0 aliphatic heterocycles. The molecule has 7 nitrogen and oxygen atoms in total. The third-order valence-electron chi connectivity index (χ3n) is 4.12. The van der Waals surface area contributed by atoms with E-state index in [1.807, 2.05) is 43.3 Å². The minimum Gasteiger partial charge on any atom is -0.393 e. The Bertz CT molecular complexity index is 922. The number of hydrogen-bond donors (Lipinski definition) is 4. The Balaban J connectivity index is 1.68. The average molecular weight is 362 g/mol. The van der Waals surface area contributed by atoms with Gasteiger partial charge in [-0.3, -0.25) is 15.6 Å². The van der Waals surface area contributed by atoms with Gasteiger partial charge in [-0.2, -0.15) is 0 Å². The molecule has 3 rings (SSSR count). The number of amides is 1. The van der Waals surface area contributed by atoms with E-state index >= 15 is 0 Å². The first-order chi connectivity index (χ1) is 13.1. The Morgan fingerprint density at radius 2 is 1.67 bits per heavy atom. The maximum atomic E-state index is 12.2. The van der Waals surface area contributed by atoms with Crippen LogP contribution in [0.1, 0.15) is 28.4 Å². The minimum atomic E-state index is -0.280. The van der Waals surface area contributed by atoms with E-state index in [0.29, 0.717) is 22.9 Å². The molecule has 0 spiro atoms. The summed E-state index contributed by atoms with van der Waals surface area (Å²) in [6, 6.07) is 15.3. The van der Waals surface area contributed by atoms with E-state index in [4.69, 9.17) is 5.73 Å². The highest BCUT2D eigenvalue weighted by Crippen LogP contribution is 2.25. The van der Waals surface area contributed by atoms with Crippen molar-refractivity contribution < 1.29 is 4.79 Å². The molecular weight excluding hydrogens is 340 g/mol. The maximum Gasteiger partial charge on any atom is 0.269 e. The van der Waals surface area contributed by atoms with Crippen LogP contribution in [0.2, 0.25) is 0 Å². The quantitative estimate of drug-likeness (QED) is 0.501. The van der Waals surface area contributed by atoms with Crippen LogP contribution in [-0.4, -0.2) is 15.9 Å². The van der Waals surface area contributed by atoms with Gasteiger partial charge in [0.2, 0.25) is 0 Å². The highest BCUT2D eigenvalue weighted by molar-refractivity contribution is 5.95. The van der Waals surface area contributed by atoms with E-state index in [1.54, 1.807) is 12.1 Å². The van der Waals surface area contributed by atoms with Crippen LogP contribution in [0.4, 0.5) is 23.0 Å². The maximum absolute atomic E-state index is 12.2. The van der Waals surface area contributed by atoms with Crippen molar-refractivity contribution >= 4 is 28.9 Å². The molecule has 1 aromatic heterocycles. The molecule has 5 N–H and O–H groups in total. The molecule has 0 aliphatic rings. The van der Waals surface area contributed by atoms with Crippen LogP contribution >= 0.6 is 0 Å². The second-order valence-corrected chi connectivity index (χ2v) is 6.11. The van der Waals surface area contributed by atoms with Crippen LogP contribution in [0.25, 0.3) is 0 Å². The van der Waals surface area contributed by atoms with Crippen molar-refractivity contribution in [3.8, 4) is 0 Å². The van der Waals surface area contributed by atoms with Crippen LogP contribution in [0.5, 0.6) is 0 Å². The van der Waals surface area contributed by atoms with Crippen molar-refractivity contribution in [2.45, 2.75) is 20.3 Å². The summed E-state index contributed by atoms with van der Waals surface area (Å²) in [4.78, 5) is 20.5. The zero-order chi connectivity index (χ0) is 19.2. The third kappa shape index (κ3) is 4.52. The van der Waals surface area contributed by atoms with E-state index in [9.17, 15) is 4.79 Å². The number of nitrogens with one attached hydrogen (secondary N) is 3. The lowest BCUT2D eigenvalue weighted by molar-refractivity contribution is 0.0962. The Morgan fingerprint density at radius 3 is 2.33 bits per heavy atom. The molecule has 2 aromatic carbocycles. The predicted octanol–water partition coefficient (Wildman–Crippen LogP) is 3.43. The third-order valence-corrected chi connectivity index (χ3v) is 4.12. The molecule has 0 bridgehead atoms. The monoisotopic (exact) mass is 362 g/mol. The number of carbonyl (C=O) groups is 1. The van der Waals surface area contributed by atoms with Gasteiger partial charge >= 0.3 is 0 Å². The number of nitrogen functional groups attached to an aromatic ring is 1. The van der Waals surface area contributed by atoms with Gasteiger partial charge in [-0.05, 0) is 43.2 Å². The normalized spacial score (nSPS) is 10.3. The smallest absolute Gasteiger partial charge is 0.269 e. The van der Waals surface area contributed by atoms with Crippen LogP contribution < -0.4 is 21.9 Å². The van der Waals surface area contributed by atoms with E-state index in [0.717, 1.165) is 17.7 Å². The number of hydrogen-bond acceptors (Lipinski definition) is 6. The highest BCUT2D eigenvalue weighted by Gasteiger charge is 2.10. The van der Waals surface area contributed by atoms with Gasteiger partial charge in [0, 0.05) is 11.3 Å². The number of benzene rings is 2. The van der Waals surface area contributed by atoms with Crippen LogP contribution in [0.15, 0.2) is 54.9 Å². The van der Waals surface area contributed by atoms with Crippen molar-refractivity contribution in [2.24, 2.45) is 0 Å². The zero-order valence-corrected chi connectivity index (χ0v) is 15.3. The largest absolute Gasteiger partial charge is 0.393 e. The summed E-state index contributed by atoms with van der Waals surface area (Å²) >= 11 is 0. The summed E-state index contributed by atoms with van der Waals surface area (Å²) in [7, 11) is 0. The summed E-state index contributed by atoms with van der Waals surface area (Å²) < 4.78 is 0. The Morgan fingerprint density at radius 1 is 1.00 bits per heavy atom. The van der Waals surface area contributed by atoms with Gasteiger partial charge < -0.3 is 11.1 Å². The Kier molecular flexibility index (Phi) is 5.51. The van der Waals surface area contributed by atoms with Gasteiger partial charge in [0.05, 0.1) is 0 Å². The zero-order valence-electron chi connectivity index (χ0n) is 15.3. The van der Waals surface area contributed by atoms with Gasteiger partial charge in [-0.25, -0.2) is 9.97 Å². The molecule has 0 radical (unpaired) electrons. The summed E-state index contributed by atoms with van der Waals surface area (Å²) in [5, 5.41) is 3.16. The fourth-order valence-electron chi connectivity index (χ4n) is 2.45. The highest BCUT2D eigenvalue weighted by atomic mass is 16.2. The second-order valence-electron chi connectivity index (χ2n) is 6.11. The number of anilines is 4. The van der Waals surface area contributed by atoms with Gasteiger partial charge in [0.15, 0.2) is 11.6 Å². The second kappa shape index (κ2) is 8.18. The van der Waals surface area contributed by atoms with Gasteiger partial charge in [0.25, 0.3) is 5.91 Å². The average Bonchev–Trinajstić information content (AvgIpc) is 2.69. The van der Waals surface area contributed by atoms with Gasteiger partial charge in [-0.15, -0.1) is 0 Å². The van der Waals surface area contributed by atoms with Crippen LogP contribution in [-0.2, 0) is 6.42 Å². The number of carbonyl (C=O) groups excluding carboxylic acids is 1. The number of aromatic nitrogens is 2. The summed E-state index contributed by atoms with van der Waals surface area (Å²) in [6.07, 6.45) is 2.35. The number of hydrazine groups is 1. The van der Waals surface area contributed by atoms with Crippen LogP contribution in [0, 0.1) is 6.92 Å². The SMILES string of the molecule is CCc1ccc(Nc2ncnc(NNC(=O)c3ccc(C)cc3)c2N)cc1. The van der Waals surface area contributed by atoms with Gasteiger partial charge in [-0.1, -0.05) is 36.8 Å². The van der Waals surface area contributed by atoms with Crippen LogP contribution in [0.3, 0.4) is 0 Å². The van der Waals surface area contributed by atoms with E-state index < -0.39 is 0 Å². The molecule has 0 atom stereocenters. The minimum absolute atomic E-state index is 0.280. The van der Waals surface area contributed by atoms with Gasteiger partial charge in [0.1, 0.15) is 12.0 Å². The predicted molar refractivity (Wildman–Crippen MR) is 108 cm³/mol. The Hall–Kier alpha value is -3.61. The van der Waals surface area contributed by atoms with E-state index in [2.05, 4.69) is 33.1 Å². The lowest BCUT2D eigenvalue weighted by atomic mass is 10.1. The number of nitrogens with two attached hydrogens (primary N) is 1. The first kappa shape index (κ1) is 18.2. The molecule has 138 valence electrons. The van der Waals surface area contributed by atoms with Crippen molar-refractivity contribution in [1.29, 1.82) is 0 Å². The lowest BCUT2D eigenvalue weighted by Gasteiger charge is -2.13. The Labute approximate surface area is 158 Å². The standard InChI is InChI=1S/C20H22N6O/c1-3-14-6-10-16(11-7-14)24-18-17(21)19(23-12-22-18)25-26-20(27)15-8-4-13(2)5-9-15/h4-12H,3,21H2,1-2H3,(H,26,27)(H2,22,23,24,25). The first-order valence-corrected chi connectivity index (χ1v) is 8.66. The molecule has 3 aromatic rings. The number of aryl methyl sites for hydroxylation is 2. The molecule has 0 aliphatic carbocycles. The van der Waals surface area contributed by atoms with E-state index in [1.165, 1.54) is 11.9 Å². The van der Waals surface area contributed by atoms with Crippen molar-refractivity contribution in [3.05, 3.63) is 71.5 Å². The first-order valence-electron chi connectivity index (χ1n) is 8.66. The van der Waals surface area contributed by atoms with Crippen molar-refractivity contribution in [3.63, 3.8) is 0 Å². The molecule has 0 saturated carbocycles. The molecule has 1 amide bonds. The fraction of sp³-hybridized carbons (Fsp3) is 0.150.